The maximum atomic E-state index is 6.02. The number of hydrogen-bond acceptors (Lipinski definition) is 2. The Morgan fingerprint density at radius 1 is 1.62 bits per heavy atom. The van der Waals surface area contributed by atoms with Crippen molar-refractivity contribution >= 4 is 28.8 Å². The van der Waals surface area contributed by atoms with Crippen molar-refractivity contribution in [3.05, 3.63) is 29.0 Å². The summed E-state index contributed by atoms with van der Waals surface area (Å²) in [6.07, 6.45) is 3.66. The van der Waals surface area contributed by atoms with Gasteiger partial charge in [-0.25, -0.2) is 0 Å². The zero-order chi connectivity index (χ0) is 9.47. The first kappa shape index (κ1) is 8.91. The zero-order valence-electron chi connectivity index (χ0n) is 6.96. The molecule has 1 saturated carbocycles. The average molecular weight is 213 g/mol. The van der Waals surface area contributed by atoms with Gasteiger partial charge in [0.1, 0.15) is 0 Å². The summed E-state index contributed by atoms with van der Waals surface area (Å²) >= 11 is 11.0. The van der Waals surface area contributed by atoms with Crippen LogP contribution in [0, 0.1) is 0 Å². The molecule has 0 spiro atoms. The Labute approximate surface area is 87.1 Å². The van der Waals surface area contributed by atoms with Crippen molar-refractivity contribution < 1.29 is 0 Å². The highest BCUT2D eigenvalue weighted by Crippen LogP contribution is 2.49. The monoisotopic (exact) mass is 212 g/mol. The van der Waals surface area contributed by atoms with E-state index in [1.54, 1.807) is 6.20 Å². The van der Waals surface area contributed by atoms with Gasteiger partial charge in [-0.05, 0) is 25.0 Å². The summed E-state index contributed by atoms with van der Waals surface area (Å²) in [6.45, 7) is 0. The molecule has 0 saturated heterocycles. The third-order valence-corrected chi connectivity index (χ3v) is 3.13. The van der Waals surface area contributed by atoms with Crippen LogP contribution in [0.3, 0.4) is 0 Å². The summed E-state index contributed by atoms with van der Waals surface area (Å²) in [7, 11) is 0. The summed E-state index contributed by atoms with van der Waals surface area (Å²) < 4.78 is 0. The third-order valence-electron chi connectivity index (χ3n) is 2.43. The topological polar surface area (TPSA) is 38.9 Å². The standard InChI is InChI=1S/C9H9ClN2S/c10-6-2-1-5-12-7(6)9(3-4-9)8(11)13/h1-2,5H,3-4H2,(H2,11,13). The van der Waals surface area contributed by atoms with Crippen LogP contribution in [0.2, 0.25) is 5.02 Å². The van der Waals surface area contributed by atoms with Crippen molar-refractivity contribution in [1.29, 1.82) is 0 Å². The SMILES string of the molecule is NC(=S)C1(c2ncccc2Cl)CC1. The maximum Gasteiger partial charge on any atom is 0.0851 e. The molecule has 2 nitrogen and oxygen atoms in total. The van der Waals surface area contributed by atoms with Crippen LogP contribution in [0.4, 0.5) is 0 Å². The Balaban J connectivity index is 2.47. The second-order valence-corrected chi connectivity index (χ2v) is 4.13. The number of rotatable bonds is 2. The number of pyridine rings is 1. The molecule has 2 rings (SSSR count). The maximum absolute atomic E-state index is 6.02. The second kappa shape index (κ2) is 2.93. The van der Waals surface area contributed by atoms with Gasteiger partial charge in [-0.2, -0.15) is 0 Å². The van der Waals surface area contributed by atoms with Crippen LogP contribution in [-0.2, 0) is 5.41 Å². The minimum absolute atomic E-state index is 0.201. The Kier molecular flexibility index (Phi) is 2.00. The molecule has 68 valence electrons. The highest BCUT2D eigenvalue weighted by molar-refractivity contribution is 7.80. The van der Waals surface area contributed by atoms with Gasteiger partial charge >= 0.3 is 0 Å². The molecule has 0 aliphatic heterocycles. The Morgan fingerprint density at radius 2 is 2.31 bits per heavy atom. The molecular weight excluding hydrogens is 204 g/mol. The quantitative estimate of drug-likeness (QED) is 0.763. The summed E-state index contributed by atoms with van der Waals surface area (Å²) in [6, 6.07) is 3.63. The lowest BCUT2D eigenvalue weighted by molar-refractivity contribution is 0.892. The normalized spacial score (nSPS) is 18.2. The van der Waals surface area contributed by atoms with Gasteiger partial charge in [0, 0.05) is 6.20 Å². The van der Waals surface area contributed by atoms with Crippen molar-refractivity contribution in [3.8, 4) is 0 Å². The zero-order valence-corrected chi connectivity index (χ0v) is 8.53. The van der Waals surface area contributed by atoms with Crippen molar-refractivity contribution in [2.45, 2.75) is 18.3 Å². The van der Waals surface area contributed by atoms with Crippen molar-refractivity contribution in [2.75, 3.05) is 0 Å². The van der Waals surface area contributed by atoms with Gasteiger partial charge in [-0.1, -0.05) is 23.8 Å². The van der Waals surface area contributed by atoms with E-state index in [2.05, 4.69) is 4.98 Å². The van der Waals surface area contributed by atoms with E-state index < -0.39 is 0 Å². The highest BCUT2D eigenvalue weighted by atomic mass is 35.5. The highest BCUT2D eigenvalue weighted by Gasteiger charge is 2.49. The van der Waals surface area contributed by atoms with E-state index in [0.717, 1.165) is 18.5 Å². The molecule has 0 unspecified atom stereocenters. The van der Waals surface area contributed by atoms with E-state index in [1.807, 2.05) is 12.1 Å². The van der Waals surface area contributed by atoms with Crippen molar-refractivity contribution in [2.24, 2.45) is 5.73 Å². The molecule has 1 heterocycles. The predicted molar refractivity (Wildman–Crippen MR) is 56.9 cm³/mol. The lowest BCUT2D eigenvalue weighted by Gasteiger charge is -2.13. The minimum atomic E-state index is -0.201. The molecule has 1 aromatic rings. The summed E-state index contributed by atoms with van der Waals surface area (Å²) in [5.74, 6) is 0. The van der Waals surface area contributed by atoms with E-state index in [-0.39, 0.29) is 5.41 Å². The summed E-state index contributed by atoms with van der Waals surface area (Å²) in [4.78, 5) is 4.74. The molecule has 0 aromatic carbocycles. The molecule has 1 aliphatic rings. The van der Waals surface area contributed by atoms with Gasteiger partial charge in [0.2, 0.25) is 0 Å². The molecule has 1 fully saturated rings. The first-order valence-electron chi connectivity index (χ1n) is 4.08. The first-order valence-corrected chi connectivity index (χ1v) is 4.86. The van der Waals surface area contributed by atoms with Crippen LogP contribution in [-0.4, -0.2) is 9.97 Å². The molecule has 1 aromatic heterocycles. The van der Waals surface area contributed by atoms with E-state index in [0.29, 0.717) is 10.0 Å². The van der Waals surface area contributed by atoms with Crippen LogP contribution in [0.1, 0.15) is 18.5 Å². The van der Waals surface area contributed by atoms with Crippen molar-refractivity contribution in [3.63, 3.8) is 0 Å². The number of aromatic nitrogens is 1. The van der Waals surface area contributed by atoms with Gasteiger partial charge in [-0.15, -0.1) is 0 Å². The van der Waals surface area contributed by atoms with E-state index in [9.17, 15) is 0 Å². The lowest BCUT2D eigenvalue weighted by atomic mass is 10.0. The van der Waals surface area contributed by atoms with Crippen LogP contribution < -0.4 is 5.73 Å². The average Bonchev–Trinajstić information content (AvgIpc) is 2.85. The molecule has 0 amide bonds. The van der Waals surface area contributed by atoms with E-state index in [4.69, 9.17) is 29.6 Å². The van der Waals surface area contributed by atoms with Gasteiger partial charge < -0.3 is 5.73 Å². The van der Waals surface area contributed by atoms with Crippen LogP contribution >= 0.6 is 23.8 Å². The first-order chi connectivity index (χ1) is 6.17. The fourth-order valence-corrected chi connectivity index (χ4v) is 2.07. The smallest absolute Gasteiger partial charge is 0.0851 e. The lowest BCUT2D eigenvalue weighted by Crippen LogP contribution is -2.27. The second-order valence-electron chi connectivity index (χ2n) is 3.28. The van der Waals surface area contributed by atoms with Gasteiger partial charge in [0.05, 0.1) is 21.1 Å². The fraction of sp³-hybridized carbons (Fsp3) is 0.333. The molecule has 0 atom stereocenters. The Morgan fingerprint density at radius 3 is 2.77 bits per heavy atom. The molecule has 4 heteroatoms. The van der Waals surface area contributed by atoms with Crippen LogP contribution in [0.25, 0.3) is 0 Å². The van der Waals surface area contributed by atoms with Crippen molar-refractivity contribution in [1.82, 2.24) is 4.98 Å². The third kappa shape index (κ3) is 1.32. The molecule has 2 N–H and O–H groups in total. The van der Waals surface area contributed by atoms with Gasteiger partial charge in [0.15, 0.2) is 0 Å². The number of nitrogens with two attached hydrogens (primary N) is 1. The molecule has 1 aliphatic carbocycles. The Bertz CT molecular complexity index is 360. The fourth-order valence-electron chi connectivity index (χ4n) is 1.46. The van der Waals surface area contributed by atoms with E-state index >= 15 is 0 Å². The Hall–Kier alpha value is -0.670. The summed E-state index contributed by atoms with van der Waals surface area (Å²) in [5, 5.41) is 0.660. The minimum Gasteiger partial charge on any atom is -0.393 e. The van der Waals surface area contributed by atoms with Crippen LogP contribution in [0.15, 0.2) is 18.3 Å². The summed E-state index contributed by atoms with van der Waals surface area (Å²) in [5.41, 5.74) is 6.30. The number of nitrogens with zero attached hydrogens (tertiary/aromatic N) is 1. The molecule has 0 radical (unpaired) electrons. The number of hydrogen-bond donors (Lipinski definition) is 1. The number of halogens is 1. The van der Waals surface area contributed by atoms with Gasteiger partial charge in [-0.3, -0.25) is 4.98 Å². The van der Waals surface area contributed by atoms with E-state index in [1.165, 1.54) is 0 Å². The molecular formula is C9H9ClN2S. The molecule has 13 heavy (non-hydrogen) atoms. The van der Waals surface area contributed by atoms with Crippen LogP contribution in [0.5, 0.6) is 0 Å². The predicted octanol–water partition coefficient (Wildman–Crippen LogP) is 2.05. The number of thiocarbonyl (C=S) groups is 1. The van der Waals surface area contributed by atoms with Gasteiger partial charge in [0.25, 0.3) is 0 Å². The largest absolute Gasteiger partial charge is 0.393 e. The molecule has 0 bridgehead atoms.